The predicted molar refractivity (Wildman–Crippen MR) is 226 cm³/mol. The Morgan fingerprint density at radius 1 is 0.780 bits per heavy atom. The molecule has 2 bridgehead atoms. The summed E-state index contributed by atoms with van der Waals surface area (Å²) in [5.41, 5.74) is 2.42. The third-order valence-electron chi connectivity index (χ3n) is 12.4. The summed E-state index contributed by atoms with van der Waals surface area (Å²) in [5, 5.41) is 0.290. The maximum absolute atomic E-state index is 14.2. The Morgan fingerprint density at radius 3 is 2.12 bits per heavy atom. The number of fused-ring (bicyclic) bond motifs is 4. The molecule has 0 radical (unpaired) electrons. The number of amides is 1. The number of rotatable bonds is 18. The van der Waals surface area contributed by atoms with Crippen LogP contribution in [0.15, 0.2) is 95.9 Å². The molecule has 1 amide bonds. The molecule has 8 rings (SSSR count). The monoisotopic (exact) mass is 871 g/mol. The summed E-state index contributed by atoms with van der Waals surface area (Å²) in [7, 11) is 1.56. The zero-order valence-corrected chi connectivity index (χ0v) is 36.1. The van der Waals surface area contributed by atoms with E-state index in [9.17, 15) is 18.4 Å². The van der Waals surface area contributed by atoms with Crippen LogP contribution in [0, 0.1) is 11.6 Å². The van der Waals surface area contributed by atoms with E-state index in [2.05, 4.69) is 30.3 Å². The Labute approximate surface area is 357 Å². The fourth-order valence-electron chi connectivity index (χ4n) is 9.06. The molecule has 0 saturated carbocycles. The standard InChI is InChI=1S/C48H56F2N3O5.BrH/c1-4-25-57-42-31-39(30-41(32-42)56-3)52-34-44(47(55)51(5-2)38-28-36(49)27-37(50)29-38)46(54)43-17-16-40(33-45(43)52)58-26-13-8-6-7-12-21-53-22-18-48(19-23-53,20-24-53)35-14-10-9-11-15-35;/h9-11,14-17,27-34H,4-8,12-13,18-26H2,1-3H3;1H/q+1;/p-1. The first-order valence-electron chi connectivity index (χ1n) is 21.0. The highest BCUT2D eigenvalue weighted by Gasteiger charge is 2.49. The molecule has 1 aromatic heterocycles. The third kappa shape index (κ3) is 9.84. The Hall–Kier alpha value is -4.74. The second-order valence-corrected chi connectivity index (χ2v) is 16.1. The van der Waals surface area contributed by atoms with Gasteiger partial charge in [-0.25, -0.2) is 8.78 Å². The van der Waals surface area contributed by atoms with Gasteiger partial charge in [-0.15, -0.1) is 0 Å². The average molecular weight is 873 g/mol. The number of carbonyl (C=O) groups excluding carboxylic acids is 1. The van der Waals surface area contributed by atoms with E-state index in [0.29, 0.717) is 47.1 Å². The van der Waals surface area contributed by atoms with Crippen molar-refractivity contribution in [1.82, 2.24) is 4.57 Å². The Bertz CT molecular complexity index is 2240. The number of piperidine rings is 3. The van der Waals surface area contributed by atoms with Gasteiger partial charge in [-0.3, -0.25) is 9.59 Å². The van der Waals surface area contributed by atoms with Gasteiger partial charge in [0.15, 0.2) is 0 Å². The van der Waals surface area contributed by atoms with E-state index in [1.54, 1.807) is 48.4 Å². The van der Waals surface area contributed by atoms with E-state index in [4.69, 9.17) is 14.2 Å². The second kappa shape index (κ2) is 19.5. The van der Waals surface area contributed by atoms with Crippen molar-refractivity contribution in [2.24, 2.45) is 0 Å². The SMILES string of the molecule is CCCOc1cc(OC)cc(-n2cc(C(=O)N(CC)c3cc(F)cc(F)c3)c(=O)c3ccc(OCCCCCCC[N+]45CCC(c6ccccc6)(CC4)CC5)cc32)c1.[Br-]. The molecule has 3 aliphatic heterocycles. The van der Waals surface area contributed by atoms with E-state index in [-0.39, 0.29) is 40.2 Å². The van der Waals surface area contributed by atoms with Crippen LogP contribution in [0.4, 0.5) is 14.5 Å². The minimum Gasteiger partial charge on any atom is -1.00 e. The lowest BCUT2D eigenvalue weighted by atomic mass is 9.66. The van der Waals surface area contributed by atoms with Gasteiger partial charge in [0.1, 0.15) is 34.4 Å². The predicted octanol–water partition coefficient (Wildman–Crippen LogP) is 7.02. The van der Waals surface area contributed by atoms with Gasteiger partial charge in [-0.05, 0) is 62.4 Å². The zero-order valence-electron chi connectivity index (χ0n) is 34.5. The van der Waals surface area contributed by atoms with Crippen molar-refractivity contribution in [3.63, 3.8) is 0 Å². The second-order valence-electron chi connectivity index (χ2n) is 16.1. The van der Waals surface area contributed by atoms with Crippen LogP contribution >= 0.6 is 0 Å². The van der Waals surface area contributed by atoms with Gasteiger partial charge in [-0.2, -0.15) is 0 Å². The number of carbonyl (C=O) groups is 1. The number of nitrogens with zero attached hydrogens (tertiary/aromatic N) is 3. The molecule has 4 aromatic carbocycles. The van der Waals surface area contributed by atoms with Gasteiger partial charge in [0.25, 0.3) is 5.91 Å². The minimum absolute atomic E-state index is 0. The lowest BCUT2D eigenvalue weighted by molar-refractivity contribution is -0.943. The smallest absolute Gasteiger partial charge is 0.263 e. The van der Waals surface area contributed by atoms with Crippen molar-refractivity contribution in [2.75, 3.05) is 57.9 Å². The summed E-state index contributed by atoms with van der Waals surface area (Å²) in [4.78, 5) is 29.4. The summed E-state index contributed by atoms with van der Waals surface area (Å²) in [6.07, 6.45) is 11.9. The molecular formula is C48H56BrF2N3O5. The van der Waals surface area contributed by atoms with Crippen LogP contribution in [0.2, 0.25) is 0 Å². The molecule has 4 heterocycles. The fourth-order valence-corrected chi connectivity index (χ4v) is 9.06. The number of aromatic nitrogens is 1. The average Bonchev–Trinajstić information content (AvgIpc) is 3.24. The number of ether oxygens (including phenoxy) is 3. The van der Waals surface area contributed by atoms with Gasteiger partial charge in [-0.1, -0.05) is 50.1 Å². The highest BCUT2D eigenvalue weighted by molar-refractivity contribution is 6.07. The summed E-state index contributed by atoms with van der Waals surface area (Å²) in [5.74, 6) is -0.623. The number of unbranched alkanes of at least 4 members (excludes halogenated alkanes) is 4. The molecule has 5 aromatic rings. The number of anilines is 1. The number of hydrogen-bond acceptors (Lipinski definition) is 5. The van der Waals surface area contributed by atoms with E-state index >= 15 is 0 Å². The lowest BCUT2D eigenvalue weighted by Gasteiger charge is -2.55. The first-order chi connectivity index (χ1) is 28.2. The van der Waals surface area contributed by atoms with Crippen LogP contribution in [-0.2, 0) is 5.41 Å². The highest BCUT2D eigenvalue weighted by atomic mass is 79.9. The van der Waals surface area contributed by atoms with Crippen LogP contribution in [0.5, 0.6) is 17.2 Å². The minimum atomic E-state index is -0.821. The molecule has 0 N–H and O–H groups in total. The quantitative estimate of drug-likeness (QED) is 0.0701. The van der Waals surface area contributed by atoms with Gasteiger partial charge in [0.2, 0.25) is 5.43 Å². The molecule has 3 saturated heterocycles. The lowest BCUT2D eigenvalue weighted by Crippen LogP contribution is -3.00. The van der Waals surface area contributed by atoms with Crippen molar-refractivity contribution >= 4 is 22.5 Å². The number of methoxy groups -OCH3 is 1. The maximum atomic E-state index is 14.2. The Kier molecular flexibility index (Phi) is 14.5. The number of quaternary nitrogens is 1. The van der Waals surface area contributed by atoms with Crippen molar-refractivity contribution in [1.29, 1.82) is 0 Å². The largest absolute Gasteiger partial charge is 1.00 e. The molecule has 0 atom stereocenters. The first-order valence-corrected chi connectivity index (χ1v) is 21.0. The molecule has 59 heavy (non-hydrogen) atoms. The summed E-state index contributed by atoms with van der Waals surface area (Å²) in [6, 6.07) is 24.7. The Balaban J connectivity index is 0.00000585. The summed E-state index contributed by atoms with van der Waals surface area (Å²) < 4.78 is 49.4. The van der Waals surface area contributed by atoms with Crippen molar-refractivity contribution in [3.05, 3.63) is 124 Å². The normalized spacial score (nSPS) is 18.3. The van der Waals surface area contributed by atoms with Gasteiger partial charge < -0.3 is 45.1 Å². The number of hydrogen-bond donors (Lipinski definition) is 0. The van der Waals surface area contributed by atoms with Crippen LogP contribution in [0.1, 0.15) is 87.6 Å². The van der Waals surface area contributed by atoms with Crippen molar-refractivity contribution < 1.29 is 49.3 Å². The van der Waals surface area contributed by atoms with Crippen molar-refractivity contribution in [3.8, 4) is 22.9 Å². The van der Waals surface area contributed by atoms with E-state index in [0.717, 1.165) is 37.5 Å². The van der Waals surface area contributed by atoms with E-state index in [1.165, 1.54) is 80.3 Å². The maximum Gasteiger partial charge on any atom is 0.263 e. The highest BCUT2D eigenvalue weighted by Crippen LogP contribution is 2.46. The van der Waals surface area contributed by atoms with E-state index in [1.807, 2.05) is 19.1 Å². The summed E-state index contributed by atoms with van der Waals surface area (Å²) in [6.45, 7) is 10.0. The molecule has 0 aliphatic carbocycles. The Morgan fingerprint density at radius 2 is 1.44 bits per heavy atom. The third-order valence-corrected chi connectivity index (χ3v) is 12.4. The number of benzene rings is 4. The number of halogens is 3. The number of pyridine rings is 1. The van der Waals surface area contributed by atoms with Crippen LogP contribution in [0.25, 0.3) is 16.6 Å². The van der Waals surface area contributed by atoms with Crippen LogP contribution in [0.3, 0.4) is 0 Å². The summed E-state index contributed by atoms with van der Waals surface area (Å²) >= 11 is 0. The molecule has 0 unspecified atom stereocenters. The van der Waals surface area contributed by atoms with Gasteiger partial charge in [0.05, 0.1) is 57.7 Å². The molecule has 0 spiro atoms. The molecule has 8 nitrogen and oxygen atoms in total. The van der Waals surface area contributed by atoms with Crippen molar-refractivity contribution in [2.45, 2.75) is 77.0 Å². The molecule has 3 aliphatic rings. The van der Waals surface area contributed by atoms with Gasteiger partial charge >= 0.3 is 0 Å². The fraction of sp³-hybridized carbons (Fsp3) is 0.417. The van der Waals surface area contributed by atoms with Gasteiger partial charge in [0, 0.05) is 78.8 Å². The zero-order chi connectivity index (χ0) is 40.7. The van der Waals surface area contributed by atoms with Crippen LogP contribution < -0.4 is 41.5 Å². The topological polar surface area (TPSA) is 70.0 Å². The molecule has 11 heteroatoms. The molecule has 314 valence electrons. The van der Waals surface area contributed by atoms with Crippen LogP contribution in [-0.4, -0.2) is 68.0 Å². The molecular weight excluding hydrogens is 816 g/mol. The molecule has 3 fully saturated rings. The van der Waals surface area contributed by atoms with E-state index < -0.39 is 23.0 Å². The first kappa shape index (κ1) is 43.8.